The van der Waals surface area contributed by atoms with Crippen molar-refractivity contribution in [3.05, 3.63) is 238 Å². The minimum atomic E-state index is -1.23. The number of esters is 3. The Balaban J connectivity index is 0.873. The summed E-state index contributed by atoms with van der Waals surface area (Å²) in [5, 5.41) is 0. The first-order valence-corrected chi connectivity index (χ1v) is 33.7. The average molecular weight is 1250 g/mol. The number of ether oxygens (including phenoxy) is 6. The lowest BCUT2D eigenvalue weighted by molar-refractivity contribution is -0.160. The standard InChI is InChI=1S/C84H96O9/c1-17-79(13,74(85)88-64-42-36-60(37-43-64)83(52-26-21-27-53-83)61-38-44-65(45-39-61)89-75(86)80(14,18-2)91-66-46-32-58(33-47-66)77(7,8)9)82(16,20-4)93-73-51-41-63(55-57(73)6)84(70-30-24-22-28-68(70)69-29-23-25-31-71(69)84)62-40-50-72(56(5)54-62)90-76(87)81(15,19-3)92-67-48-34-59(35-49-67)78(10,11)12/h22-25,28-51,54-55H,17-21,26-27,52-53H2,1-16H3. The molecule has 0 bridgehead atoms. The Morgan fingerprint density at radius 1 is 0.387 bits per heavy atom. The van der Waals surface area contributed by atoms with Crippen molar-refractivity contribution in [3.63, 3.8) is 0 Å². The Hall–Kier alpha value is -8.43. The first-order valence-electron chi connectivity index (χ1n) is 33.7. The highest BCUT2D eigenvalue weighted by molar-refractivity contribution is 5.87. The fourth-order valence-electron chi connectivity index (χ4n) is 13.9. The Morgan fingerprint density at radius 3 is 1.17 bits per heavy atom. The average Bonchev–Trinajstić information content (AvgIpc) is 1.56. The molecule has 0 spiro atoms. The molecule has 0 aliphatic heterocycles. The van der Waals surface area contributed by atoms with Crippen molar-refractivity contribution < 1.29 is 42.8 Å². The Kier molecular flexibility index (Phi) is 19.0. The highest BCUT2D eigenvalue weighted by Gasteiger charge is 2.53. The SMILES string of the molecule is CCC(C)(Oc1ccc(C(C)(C)C)cc1)C(=O)Oc1ccc(C2(c3ccc(OC(=O)C(C)(CC)C(C)(CC)Oc4ccc(C5(c6ccc(OC(=O)C(C)(CC)Oc7ccc(C(C)(C)C)cc7)c(C)c6)c6ccccc6-c6ccccc65)cc4C)cc3)CCCCC2)cc1. The summed E-state index contributed by atoms with van der Waals surface area (Å²) < 4.78 is 38.7. The number of carbonyl (C=O) groups excluding carboxylic acids is 3. The molecule has 0 N–H and O–H groups in total. The fourth-order valence-corrected chi connectivity index (χ4v) is 13.9. The molecule has 1 fully saturated rings. The number of aryl methyl sites for hydroxylation is 2. The lowest BCUT2D eigenvalue weighted by Gasteiger charge is -2.44. The van der Waals surface area contributed by atoms with Crippen molar-refractivity contribution in [1.29, 1.82) is 0 Å². The Morgan fingerprint density at radius 2 is 0.774 bits per heavy atom. The van der Waals surface area contributed by atoms with E-state index in [2.05, 4.69) is 159 Å². The zero-order valence-electron chi connectivity index (χ0n) is 57.9. The van der Waals surface area contributed by atoms with E-state index in [0.717, 1.165) is 87.7 Å². The van der Waals surface area contributed by atoms with E-state index in [-0.39, 0.29) is 22.2 Å². The van der Waals surface area contributed by atoms with E-state index in [1.165, 1.54) is 11.1 Å². The second kappa shape index (κ2) is 26.2. The van der Waals surface area contributed by atoms with Crippen LogP contribution in [0.2, 0.25) is 0 Å². The van der Waals surface area contributed by atoms with Gasteiger partial charge in [0.15, 0.2) is 0 Å². The molecular weight excluding hydrogens is 1150 g/mol. The second-order valence-electron chi connectivity index (χ2n) is 29.0. The van der Waals surface area contributed by atoms with Crippen molar-refractivity contribution in [2.24, 2.45) is 5.41 Å². The van der Waals surface area contributed by atoms with Crippen LogP contribution < -0.4 is 28.4 Å². The fraction of sp³-hybridized carbons (Fsp3) is 0.393. The molecule has 8 aromatic rings. The highest BCUT2D eigenvalue weighted by Crippen LogP contribution is 2.57. The van der Waals surface area contributed by atoms with Crippen molar-refractivity contribution in [1.82, 2.24) is 0 Å². The molecule has 0 aromatic heterocycles. The van der Waals surface area contributed by atoms with Crippen molar-refractivity contribution in [3.8, 4) is 45.6 Å². The van der Waals surface area contributed by atoms with Crippen molar-refractivity contribution >= 4 is 17.9 Å². The van der Waals surface area contributed by atoms with Gasteiger partial charge in [-0.3, -0.25) is 4.79 Å². The lowest BCUT2D eigenvalue weighted by Crippen LogP contribution is -2.54. The summed E-state index contributed by atoms with van der Waals surface area (Å²) in [5.41, 5.74) is 7.53. The molecule has 9 heteroatoms. The predicted molar refractivity (Wildman–Crippen MR) is 374 cm³/mol. The highest BCUT2D eigenvalue weighted by atomic mass is 16.6. The molecule has 0 heterocycles. The quantitative estimate of drug-likeness (QED) is 0.0513. The van der Waals surface area contributed by atoms with Crippen LogP contribution in [0.4, 0.5) is 0 Å². The van der Waals surface area contributed by atoms with Crippen LogP contribution in [0.1, 0.15) is 210 Å². The van der Waals surface area contributed by atoms with E-state index >= 15 is 0 Å². The van der Waals surface area contributed by atoms with Crippen LogP contribution in [0.25, 0.3) is 11.1 Å². The Bertz CT molecular complexity index is 3950. The van der Waals surface area contributed by atoms with Crippen LogP contribution in [0.3, 0.4) is 0 Å². The molecule has 0 saturated heterocycles. The molecule has 486 valence electrons. The van der Waals surface area contributed by atoms with Gasteiger partial charge in [-0.1, -0.05) is 210 Å². The molecule has 8 aromatic carbocycles. The van der Waals surface area contributed by atoms with Crippen molar-refractivity contribution in [2.45, 2.75) is 207 Å². The third kappa shape index (κ3) is 12.9. The lowest BCUT2D eigenvalue weighted by atomic mass is 9.65. The van der Waals surface area contributed by atoms with E-state index in [9.17, 15) is 14.4 Å². The summed E-state index contributed by atoms with van der Waals surface area (Å²) in [6, 6.07) is 61.7. The van der Waals surface area contributed by atoms with Gasteiger partial charge in [0.2, 0.25) is 11.2 Å². The summed E-state index contributed by atoms with van der Waals surface area (Å²) in [7, 11) is 0. The minimum absolute atomic E-state index is 0.000457. The largest absolute Gasteiger partial charge is 0.486 e. The summed E-state index contributed by atoms with van der Waals surface area (Å²) in [6.07, 6.45) is 7.05. The van der Waals surface area contributed by atoms with Gasteiger partial charge >= 0.3 is 17.9 Å². The molecule has 93 heavy (non-hydrogen) atoms. The molecule has 9 nitrogen and oxygen atoms in total. The first kappa shape index (κ1) is 67.5. The second-order valence-corrected chi connectivity index (χ2v) is 29.0. The minimum Gasteiger partial charge on any atom is -0.486 e. The molecule has 4 unspecified atom stereocenters. The van der Waals surface area contributed by atoms with Gasteiger partial charge in [0.25, 0.3) is 0 Å². The maximum Gasteiger partial charge on any atom is 0.355 e. The van der Waals surface area contributed by atoms with Crippen LogP contribution in [-0.2, 0) is 36.0 Å². The molecule has 2 aliphatic rings. The summed E-state index contributed by atoms with van der Waals surface area (Å²) >= 11 is 0. The monoisotopic (exact) mass is 1250 g/mol. The van der Waals surface area contributed by atoms with Gasteiger partial charge in [-0.25, -0.2) is 9.59 Å². The zero-order chi connectivity index (χ0) is 66.9. The van der Waals surface area contributed by atoms with Crippen LogP contribution >= 0.6 is 0 Å². The van der Waals surface area contributed by atoms with E-state index < -0.39 is 39.6 Å². The third-order valence-corrected chi connectivity index (χ3v) is 21.0. The topological polar surface area (TPSA) is 107 Å². The van der Waals surface area contributed by atoms with E-state index in [4.69, 9.17) is 28.4 Å². The molecule has 10 rings (SSSR count). The van der Waals surface area contributed by atoms with Crippen LogP contribution in [-0.4, -0.2) is 34.7 Å². The number of rotatable bonds is 21. The molecule has 1 saturated carbocycles. The van der Waals surface area contributed by atoms with Gasteiger partial charge in [0.05, 0.1) is 5.41 Å². The normalized spacial score (nSPS) is 16.8. The van der Waals surface area contributed by atoms with Gasteiger partial charge in [0, 0.05) is 5.41 Å². The van der Waals surface area contributed by atoms with Crippen LogP contribution in [0, 0.1) is 19.3 Å². The number of benzene rings is 8. The Labute approximate surface area is 553 Å². The number of hydrogen-bond donors (Lipinski definition) is 0. The van der Waals surface area contributed by atoms with E-state index in [1.807, 2.05) is 120 Å². The maximum atomic E-state index is 14.9. The molecular formula is C84H96O9. The molecule has 2 aliphatic carbocycles. The first-order chi connectivity index (χ1) is 44.1. The third-order valence-electron chi connectivity index (χ3n) is 21.0. The summed E-state index contributed by atoms with van der Waals surface area (Å²) in [5.74, 6) is 2.02. The molecule has 0 radical (unpaired) electrons. The number of hydrogen-bond acceptors (Lipinski definition) is 9. The predicted octanol–water partition coefficient (Wildman–Crippen LogP) is 20.4. The molecule has 4 atom stereocenters. The van der Waals surface area contributed by atoms with Crippen LogP contribution in [0.15, 0.2) is 182 Å². The van der Waals surface area contributed by atoms with Gasteiger partial charge < -0.3 is 28.4 Å². The summed E-state index contributed by atoms with van der Waals surface area (Å²) in [6.45, 7) is 32.6. The zero-order valence-corrected chi connectivity index (χ0v) is 57.9. The van der Waals surface area contributed by atoms with Gasteiger partial charge in [-0.15, -0.1) is 0 Å². The van der Waals surface area contributed by atoms with Gasteiger partial charge in [0.1, 0.15) is 45.5 Å². The molecule has 0 amide bonds. The van der Waals surface area contributed by atoms with Crippen molar-refractivity contribution in [2.75, 3.05) is 0 Å². The van der Waals surface area contributed by atoms with Gasteiger partial charge in [-0.05, 0) is 218 Å². The summed E-state index contributed by atoms with van der Waals surface area (Å²) in [4.78, 5) is 42.9. The number of fused-ring (bicyclic) bond motifs is 3. The smallest absolute Gasteiger partial charge is 0.355 e. The number of carbonyl (C=O) groups is 3. The van der Waals surface area contributed by atoms with E-state index in [1.54, 1.807) is 13.8 Å². The van der Waals surface area contributed by atoms with E-state index in [0.29, 0.717) is 60.2 Å². The van der Waals surface area contributed by atoms with Gasteiger partial charge in [-0.2, -0.15) is 0 Å². The maximum absolute atomic E-state index is 14.9. The van der Waals surface area contributed by atoms with Crippen LogP contribution in [0.5, 0.6) is 34.5 Å².